The van der Waals surface area contributed by atoms with Gasteiger partial charge in [0.05, 0.1) is 5.52 Å². The summed E-state index contributed by atoms with van der Waals surface area (Å²) in [6.07, 6.45) is 4.68. The van der Waals surface area contributed by atoms with Gasteiger partial charge in [-0.2, -0.15) is 5.10 Å². The molecule has 226 valence electrons. The van der Waals surface area contributed by atoms with Gasteiger partial charge < -0.3 is 14.9 Å². The van der Waals surface area contributed by atoms with Gasteiger partial charge in [0.2, 0.25) is 12.3 Å². The van der Waals surface area contributed by atoms with Crippen molar-refractivity contribution in [1.29, 1.82) is 0 Å². The largest absolute Gasteiger partial charge is 0.480 e. The van der Waals surface area contributed by atoms with Crippen molar-refractivity contribution in [3.63, 3.8) is 0 Å². The molecule has 11 heteroatoms. The highest BCUT2D eigenvalue weighted by atomic mass is 16.4. The molecule has 2 fully saturated rings. The molecule has 4 atom stereocenters. The number of benzene rings is 2. The van der Waals surface area contributed by atoms with E-state index in [1.54, 1.807) is 22.0 Å². The van der Waals surface area contributed by atoms with Crippen LogP contribution in [0.25, 0.3) is 22.0 Å². The number of aromatic nitrogens is 4. The molecule has 1 aliphatic carbocycles. The number of ketones is 1. The molecule has 1 saturated heterocycles. The Hall–Kier alpha value is -4.93. The average Bonchev–Trinajstić information content (AvgIpc) is 3.34. The van der Waals surface area contributed by atoms with Crippen LogP contribution in [0, 0.1) is 19.3 Å². The second kappa shape index (κ2) is 11.0. The predicted molar refractivity (Wildman–Crippen MR) is 161 cm³/mol. The van der Waals surface area contributed by atoms with Gasteiger partial charge in [0.15, 0.2) is 5.78 Å². The summed E-state index contributed by atoms with van der Waals surface area (Å²) in [5.41, 5.74) is 3.95. The zero-order valence-electron chi connectivity index (χ0n) is 25.1. The first-order valence-electron chi connectivity index (χ1n) is 14.6. The van der Waals surface area contributed by atoms with E-state index in [1.807, 2.05) is 56.3 Å². The molecule has 1 N–H and O–H groups in total. The number of Topliss-reactive ketones (excluding diaryl/α,β-unsaturated/α-hetero) is 1. The second-order valence-corrected chi connectivity index (χ2v) is 12.2. The van der Waals surface area contributed by atoms with E-state index in [2.05, 4.69) is 22.0 Å². The molecule has 2 aromatic carbocycles. The van der Waals surface area contributed by atoms with Gasteiger partial charge in [-0.3, -0.25) is 19.1 Å². The molecule has 44 heavy (non-hydrogen) atoms. The lowest BCUT2D eigenvalue weighted by Gasteiger charge is -2.38. The Labute approximate surface area is 254 Å². The number of likely N-dealkylation sites (tertiary alicyclic amines) is 1. The summed E-state index contributed by atoms with van der Waals surface area (Å²) in [6.45, 7) is 7.05. The number of piperidine rings is 1. The van der Waals surface area contributed by atoms with Gasteiger partial charge in [-0.05, 0) is 60.9 Å². The molecule has 2 aromatic heterocycles. The van der Waals surface area contributed by atoms with Crippen LogP contribution in [0.2, 0.25) is 0 Å². The predicted octanol–water partition coefficient (Wildman–Crippen LogP) is 3.80. The number of carbonyl (C=O) groups excluding carboxylic acids is 3. The Balaban J connectivity index is 1.34. The fourth-order valence-corrected chi connectivity index (χ4v) is 6.68. The number of amides is 2. The molecule has 11 nitrogen and oxygen atoms in total. The van der Waals surface area contributed by atoms with E-state index in [-0.39, 0.29) is 41.8 Å². The molecule has 6 rings (SSSR count). The van der Waals surface area contributed by atoms with Crippen LogP contribution in [-0.2, 0) is 27.3 Å². The van der Waals surface area contributed by atoms with Crippen molar-refractivity contribution in [2.24, 2.45) is 5.41 Å². The minimum absolute atomic E-state index is 0.114. The number of carbonyl (C=O) groups is 4. The van der Waals surface area contributed by atoms with E-state index in [1.165, 1.54) is 11.8 Å². The molecule has 2 aliphatic rings. The summed E-state index contributed by atoms with van der Waals surface area (Å²) in [5, 5.41) is 15.4. The fraction of sp³-hybridized carbons (Fsp3) is 0.364. The normalized spacial score (nSPS) is 21.1. The van der Waals surface area contributed by atoms with Crippen molar-refractivity contribution in [2.75, 3.05) is 0 Å². The lowest BCUT2D eigenvalue weighted by Crippen LogP contribution is -2.55. The van der Waals surface area contributed by atoms with E-state index >= 15 is 0 Å². The maximum absolute atomic E-state index is 14.1. The van der Waals surface area contributed by atoms with Gasteiger partial charge in [-0.25, -0.2) is 14.8 Å². The third-order valence-electron chi connectivity index (χ3n) is 9.05. The number of fused-ring (bicyclic) bond motifs is 2. The van der Waals surface area contributed by atoms with Gasteiger partial charge in [-0.1, -0.05) is 37.3 Å². The van der Waals surface area contributed by atoms with Crippen molar-refractivity contribution in [2.45, 2.75) is 71.8 Å². The summed E-state index contributed by atoms with van der Waals surface area (Å²) < 4.78 is 1.55. The number of rotatable bonds is 10. The van der Waals surface area contributed by atoms with Crippen LogP contribution in [0.15, 0.2) is 54.9 Å². The smallest absolute Gasteiger partial charge is 0.326 e. The maximum Gasteiger partial charge on any atom is 0.326 e. The third-order valence-corrected chi connectivity index (χ3v) is 9.05. The van der Waals surface area contributed by atoms with Gasteiger partial charge in [-0.15, -0.1) is 0 Å². The molecule has 4 aromatic rings. The Kier molecular flexibility index (Phi) is 7.27. The Morgan fingerprint density at radius 2 is 1.80 bits per heavy atom. The molecule has 0 spiro atoms. The van der Waals surface area contributed by atoms with Crippen LogP contribution < -0.4 is 0 Å². The van der Waals surface area contributed by atoms with Crippen molar-refractivity contribution in [1.82, 2.24) is 29.5 Å². The number of hydrogen-bond acceptors (Lipinski definition) is 7. The highest BCUT2D eigenvalue weighted by molar-refractivity contribution is 6.07. The van der Waals surface area contributed by atoms with E-state index in [9.17, 15) is 24.3 Å². The lowest BCUT2D eigenvalue weighted by atomic mass is 10.0. The van der Waals surface area contributed by atoms with E-state index < -0.39 is 18.2 Å². The van der Waals surface area contributed by atoms with E-state index in [0.29, 0.717) is 29.6 Å². The summed E-state index contributed by atoms with van der Waals surface area (Å²) >= 11 is 0. The average molecular weight is 595 g/mol. The number of hydrogen-bond donors (Lipinski definition) is 1. The number of aliphatic carboxylic acids is 1. The highest BCUT2D eigenvalue weighted by Crippen LogP contribution is 2.59. The highest BCUT2D eigenvalue weighted by Gasteiger charge is 2.64. The van der Waals surface area contributed by atoms with Crippen molar-refractivity contribution >= 4 is 35.0 Å². The Morgan fingerprint density at radius 3 is 2.43 bits per heavy atom. The minimum atomic E-state index is -1.14. The first-order valence-corrected chi connectivity index (χ1v) is 14.6. The SMILES string of the molecule is CC(=O)c1nn(CC(=O)N2[C@H](N(C=O)[C@H](Cc3ccccc3)C(=O)O)C[C@@]3(C)C[C@@H]23)c2c(C)cc(-c3cnc(C)nc3)cc12. The standard InChI is InChI=1S/C33H34N6O5/c1-19-10-23(24-15-34-21(3)35-16-24)12-25-30(20(2)41)36-38(31(19)25)17-29(42)39-27-13-33(27,4)14-28(39)37(18-40)26(32(43)44)11-22-8-6-5-7-9-22/h5-10,12,15-16,18,26-28H,11,13-14,17H2,1-4H3,(H,43,44)/t26-,27-,28+,33-/m1/s1. The number of carboxylic acids is 1. The minimum Gasteiger partial charge on any atom is -0.480 e. The summed E-state index contributed by atoms with van der Waals surface area (Å²) in [5.74, 6) is -0.998. The molecule has 0 radical (unpaired) electrons. The first-order chi connectivity index (χ1) is 21.0. The molecule has 0 unspecified atom stereocenters. The third kappa shape index (κ3) is 5.12. The quantitative estimate of drug-likeness (QED) is 0.216. The monoisotopic (exact) mass is 594 g/mol. The maximum atomic E-state index is 14.1. The fourth-order valence-electron chi connectivity index (χ4n) is 6.68. The molecule has 1 aliphatic heterocycles. The number of nitrogens with zero attached hydrogens (tertiary/aromatic N) is 6. The van der Waals surface area contributed by atoms with Gasteiger partial charge in [0.1, 0.15) is 30.3 Å². The van der Waals surface area contributed by atoms with Crippen molar-refractivity contribution < 1.29 is 24.3 Å². The molecular formula is C33H34N6O5. The summed E-state index contributed by atoms with van der Waals surface area (Å²) in [7, 11) is 0. The molecule has 2 amide bonds. The Bertz CT molecular complexity index is 1790. The van der Waals surface area contributed by atoms with Crippen LogP contribution in [0.3, 0.4) is 0 Å². The Morgan fingerprint density at radius 1 is 1.09 bits per heavy atom. The van der Waals surface area contributed by atoms with Crippen molar-refractivity contribution in [3.05, 3.63) is 77.5 Å². The zero-order valence-corrected chi connectivity index (χ0v) is 25.1. The summed E-state index contributed by atoms with van der Waals surface area (Å²) in [4.78, 5) is 63.3. The van der Waals surface area contributed by atoms with Crippen LogP contribution in [-0.4, -0.2) is 77.0 Å². The van der Waals surface area contributed by atoms with Crippen LogP contribution in [0.1, 0.15) is 54.1 Å². The molecular weight excluding hydrogens is 560 g/mol. The second-order valence-electron chi connectivity index (χ2n) is 12.2. The number of aryl methyl sites for hydroxylation is 2. The van der Waals surface area contributed by atoms with Gasteiger partial charge >= 0.3 is 5.97 Å². The van der Waals surface area contributed by atoms with Gasteiger partial charge in [0, 0.05) is 42.7 Å². The summed E-state index contributed by atoms with van der Waals surface area (Å²) in [6, 6.07) is 11.7. The van der Waals surface area contributed by atoms with Crippen LogP contribution >= 0.6 is 0 Å². The molecule has 1 saturated carbocycles. The van der Waals surface area contributed by atoms with Gasteiger partial charge in [0.25, 0.3) is 0 Å². The van der Waals surface area contributed by atoms with Crippen molar-refractivity contribution in [3.8, 4) is 11.1 Å². The van der Waals surface area contributed by atoms with Crippen LogP contribution in [0.5, 0.6) is 0 Å². The van der Waals surface area contributed by atoms with E-state index in [0.717, 1.165) is 28.7 Å². The van der Waals surface area contributed by atoms with E-state index in [4.69, 9.17) is 0 Å². The first kappa shape index (κ1) is 29.2. The number of carboxylic acid groups (broad SMARTS) is 1. The topological polar surface area (TPSA) is 139 Å². The van der Waals surface area contributed by atoms with Crippen LogP contribution in [0.4, 0.5) is 0 Å². The molecule has 0 bridgehead atoms. The molecule has 3 heterocycles. The lowest BCUT2D eigenvalue weighted by molar-refractivity contribution is -0.154. The zero-order chi connectivity index (χ0) is 31.3.